The Hall–Kier alpha value is -2.37. The van der Waals surface area contributed by atoms with E-state index in [1.807, 2.05) is 13.8 Å². The van der Waals surface area contributed by atoms with E-state index in [1.54, 1.807) is 24.3 Å². The highest BCUT2D eigenvalue weighted by atomic mass is 16.4. The number of aromatic nitrogens is 2. The number of aliphatic carboxylic acids is 1. The molecule has 0 unspecified atom stereocenters. The molecule has 1 aromatic heterocycles. The second kappa shape index (κ2) is 5.95. The summed E-state index contributed by atoms with van der Waals surface area (Å²) in [5.41, 5.74) is -0.574. The number of carboxylic acids is 1. The third-order valence-corrected chi connectivity index (χ3v) is 3.36. The number of nitrogens with zero attached hydrogens (tertiary/aromatic N) is 2. The molecule has 0 saturated carbocycles. The highest BCUT2D eigenvalue weighted by Crippen LogP contribution is 2.08. The average molecular weight is 290 g/mol. The van der Waals surface area contributed by atoms with Crippen molar-refractivity contribution in [1.82, 2.24) is 9.13 Å². The Labute approximate surface area is 121 Å². The number of rotatable bonds is 5. The zero-order valence-corrected chi connectivity index (χ0v) is 12.1. The summed E-state index contributed by atoms with van der Waals surface area (Å²) in [5.74, 6) is -0.771. The predicted octanol–water partition coefficient (Wildman–Crippen LogP) is 1.29. The maximum atomic E-state index is 12.4. The first-order chi connectivity index (χ1) is 9.91. The summed E-state index contributed by atoms with van der Waals surface area (Å²) in [6.07, 6.45) is 0.681. The van der Waals surface area contributed by atoms with Gasteiger partial charge in [0.25, 0.3) is 5.56 Å². The molecule has 2 aromatic rings. The highest BCUT2D eigenvalue weighted by Gasteiger charge is 2.14. The molecule has 112 valence electrons. The van der Waals surface area contributed by atoms with Gasteiger partial charge in [0.05, 0.1) is 10.9 Å². The van der Waals surface area contributed by atoms with E-state index in [1.165, 1.54) is 0 Å². The van der Waals surface area contributed by atoms with Crippen LogP contribution in [-0.4, -0.2) is 20.2 Å². The summed E-state index contributed by atoms with van der Waals surface area (Å²) in [5, 5.41) is 9.35. The van der Waals surface area contributed by atoms with Crippen LogP contribution in [0.4, 0.5) is 0 Å². The number of hydrogen-bond donors (Lipinski definition) is 1. The molecule has 6 nitrogen and oxygen atoms in total. The van der Waals surface area contributed by atoms with Crippen LogP contribution in [0.15, 0.2) is 33.9 Å². The van der Waals surface area contributed by atoms with Crippen LogP contribution in [0.2, 0.25) is 0 Å². The fraction of sp³-hybridized carbons (Fsp3) is 0.400. The minimum Gasteiger partial charge on any atom is -0.480 e. The molecule has 0 atom stereocenters. The molecule has 0 radical (unpaired) electrons. The molecule has 0 saturated heterocycles. The van der Waals surface area contributed by atoms with Crippen LogP contribution in [0.3, 0.4) is 0 Å². The fourth-order valence-electron chi connectivity index (χ4n) is 2.24. The van der Waals surface area contributed by atoms with E-state index in [4.69, 9.17) is 5.11 Å². The van der Waals surface area contributed by atoms with Gasteiger partial charge in [-0.15, -0.1) is 0 Å². The van der Waals surface area contributed by atoms with E-state index in [2.05, 4.69) is 0 Å². The number of para-hydroxylation sites is 1. The van der Waals surface area contributed by atoms with Crippen LogP contribution in [0, 0.1) is 5.92 Å². The molecule has 0 amide bonds. The highest BCUT2D eigenvalue weighted by molar-refractivity contribution is 5.79. The zero-order valence-electron chi connectivity index (χ0n) is 12.1. The predicted molar refractivity (Wildman–Crippen MR) is 79.6 cm³/mol. The number of carboxylic acid groups (broad SMARTS) is 1. The monoisotopic (exact) mass is 290 g/mol. The molecule has 0 aliphatic heterocycles. The number of benzene rings is 1. The van der Waals surface area contributed by atoms with E-state index in [9.17, 15) is 14.4 Å². The van der Waals surface area contributed by atoms with Gasteiger partial charge in [-0.05, 0) is 24.5 Å². The first-order valence-electron chi connectivity index (χ1n) is 6.86. The molecule has 0 fully saturated rings. The molecule has 21 heavy (non-hydrogen) atoms. The summed E-state index contributed by atoms with van der Waals surface area (Å²) in [4.78, 5) is 35.8. The lowest BCUT2D eigenvalue weighted by molar-refractivity contribution is -0.137. The van der Waals surface area contributed by atoms with Crippen molar-refractivity contribution in [3.8, 4) is 0 Å². The molecule has 0 bridgehead atoms. The van der Waals surface area contributed by atoms with Gasteiger partial charge in [-0.3, -0.25) is 18.7 Å². The fourth-order valence-corrected chi connectivity index (χ4v) is 2.24. The van der Waals surface area contributed by atoms with Crippen molar-refractivity contribution in [2.75, 3.05) is 0 Å². The van der Waals surface area contributed by atoms with Crippen molar-refractivity contribution in [3.05, 3.63) is 45.1 Å². The van der Waals surface area contributed by atoms with Crippen molar-refractivity contribution in [2.24, 2.45) is 5.92 Å². The molecular weight excluding hydrogens is 272 g/mol. The van der Waals surface area contributed by atoms with Crippen molar-refractivity contribution in [3.63, 3.8) is 0 Å². The standard InChI is InChI=1S/C15H18N2O4/c1-10(2)7-8-16-14(20)11-5-3-4-6-12(11)17(15(16)21)9-13(18)19/h3-6,10H,7-9H2,1-2H3,(H,18,19). The number of carbonyl (C=O) groups is 1. The lowest BCUT2D eigenvalue weighted by Gasteiger charge is -2.13. The summed E-state index contributed by atoms with van der Waals surface area (Å²) >= 11 is 0. The lowest BCUT2D eigenvalue weighted by atomic mass is 10.1. The summed E-state index contributed by atoms with van der Waals surface area (Å²) in [6, 6.07) is 6.58. The van der Waals surface area contributed by atoms with Gasteiger partial charge in [0.1, 0.15) is 6.54 Å². The Morgan fingerprint density at radius 3 is 2.48 bits per heavy atom. The van der Waals surface area contributed by atoms with Crippen LogP contribution in [-0.2, 0) is 17.9 Å². The van der Waals surface area contributed by atoms with E-state index < -0.39 is 18.2 Å². The van der Waals surface area contributed by atoms with Gasteiger partial charge >= 0.3 is 11.7 Å². The van der Waals surface area contributed by atoms with Gasteiger partial charge in [-0.25, -0.2) is 4.79 Å². The largest absolute Gasteiger partial charge is 0.480 e. The van der Waals surface area contributed by atoms with Gasteiger partial charge in [0.2, 0.25) is 0 Å². The van der Waals surface area contributed by atoms with E-state index in [-0.39, 0.29) is 5.56 Å². The Balaban J connectivity index is 2.72. The van der Waals surface area contributed by atoms with Crippen molar-refractivity contribution < 1.29 is 9.90 Å². The normalized spacial score (nSPS) is 11.2. The Kier molecular flexibility index (Phi) is 4.26. The van der Waals surface area contributed by atoms with Gasteiger partial charge in [0, 0.05) is 6.54 Å². The van der Waals surface area contributed by atoms with Crippen LogP contribution in [0.25, 0.3) is 10.9 Å². The third-order valence-electron chi connectivity index (χ3n) is 3.36. The summed E-state index contributed by atoms with van der Waals surface area (Å²) in [6.45, 7) is 3.84. The maximum absolute atomic E-state index is 12.4. The number of fused-ring (bicyclic) bond motifs is 1. The quantitative estimate of drug-likeness (QED) is 0.899. The van der Waals surface area contributed by atoms with Crippen LogP contribution in [0.5, 0.6) is 0 Å². The lowest BCUT2D eigenvalue weighted by Crippen LogP contribution is -2.41. The molecule has 1 heterocycles. The smallest absolute Gasteiger partial charge is 0.332 e. The molecule has 0 spiro atoms. The minimum atomic E-state index is -1.11. The SMILES string of the molecule is CC(C)CCn1c(=O)c2ccccc2n(CC(=O)O)c1=O. The first kappa shape index (κ1) is 15.0. The molecular formula is C15H18N2O4. The van der Waals surface area contributed by atoms with Crippen LogP contribution in [0.1, 0.15) is 20.3 Å². The van der Waals surface area contributed by atoms with Crippen molar-refractivity contribution in [1.29, 1.82) is 0 Å². The molecule has 0 aliphatic rings. The van der Waals surface area contributed by atoms with E-state index >= 15 is 0 Å². The zero-order chi connectivity index (χ0) is 15.6. The summed E-state index contributed by atoms with van der Waals surface area (Å²) in [7, 11) is 0. The molecule has 0 aliphatic carbocycles. The second-order valence-corrected chi connectivity index (χ2v) is 5.42. The Morgan fingerprint density at radius 2 is 1.86 bits per heavy atom. The average Bonchev–Trinajstić information content (AvgIpc) is 2.43. The second-order valence-electron chi connectivity index (χ2n) is 5.42. The minimum absolute atomic E-state index is 0.291. The molecule has 1 N–H and O–H groups in total. The number of hydrogen-bond acceptors (Lipinski definition) is 3. The van der Waals surface area contributed by atoms with Gasteiger partial charge < -0.3 is 5.11 Å². The van der Waals surface area contributed by atoms with Gasteiger partial charge in [-0.2, -0.15) is 0 Å². The topological polar surface area (TPSA) is 81.3 Å². The van der Waals surface area contributed by atoms with Gasteiger partial charge in [0.15, 0.2) is 0 Å². The van der Waals surface area contributed by atoms with Gasteiger partial charge in [-0.1, -0.05) is 26.0 Å². The van der Waals surface area contributed by atoms with E-state index in [0.717, 1.165) is 9.13 Å². The summed E-state index contributed by atoms with van der Waals surface area (Å²) < 4.78 is 2.27. The van der Waals surface area contributed by atoms with Crippen molar-refractivity contribution in [2.45, 2.75) is 33.4 Å². The Bertz CT molecular complexity index is 786. The van der Waals surface area contributed by atoms with E-state index in [0.29, 0.717) is 29.8 Å². The maximum Gasteiger partial charge on any atom is 0.332 e. The molecule has 6 heteroatoms. The Morgan fingerprint density at radius 1 is 1.19 bits per heavy atom. The van der Waals surface area contributed by atoms with Crippen LogP contribution >= 0.6 is 0 Å². The van der Waals surface area contributed by atoms with Crippen LogP contribution < -0.4 is 11.2 Å². The van der Waals surface area contributed by atoms with Crippen molar-refractivity contribution >= 4 is 16.9 Å². The first-order valence-corrected chi connectivity index (χ1v) is 6.86. The molecule has 2 rings (SSSR count). The molecule has 1 aromatic carbocycles. The third kappa shape index (κ3) is 3.04.